The summed E-state index contributed by atoms with van der Waals surface area (Å²) in [5.41, 5.74) is 1.37. The molecular weight excluding hydrogens is 414 g/mol. The first-order valence-corrected chi connectivity index (χ1v) is 10.4. The van der Waals surface area contributed by atoms with E-state index in [0.29, 0.717) is 29.5 Å². The van der Waals surface area contributed by atoms with Crippen molar-refractivity contribution >= 4 is 17.6 Å². The first-order valence-electron chi connectivity index (χ1n) is 10.0. The molecule has 0 saturated heterocycles. The first-order chi connectivity index (χ1) is 15.0. The molecule has 1 saturated carbocycles. The van der Waals surface area contributed by atoms with Crippen molar-refractivity contribution in [3.63, 3.8) is 0 Å². The molecule has 1 fully saturated rings. The molecule has 2 aromatic rings. The molecule has 0 bridgehead atoms. The zero-order valence-electron chi connectivity index (χ0n) is 17.6. The lowest BCUT2D eigenvalue weighted by Crippen LogP contribution is -2.21. The molecule has 0 amide bonds. The van der Waals surface area contributed by atoms with E-state index in [9.17, 15) is 4.79 Å². The fourth-order valence-electron chi connectivity index (χ4n) is 3.13. The normalized spacial score (nSPS) is 14.4. The molecule has 6 heteroatoms. The van der Waals surface area contributed by atoms with Gasteiger partial charge in [0.1, 0.15) is 17.6 Å². The van der Waals surface area contributed by atoms with E-state index in [-0.39, 0.29) is 23.7 Å². The Labute approximate surface area is 187 Å². The number of esters is 1. The predicted molar refractivity (Wildman–Crippen MR) is 118 cm³/mol. The van der Waals surface area contributed by atoms with Gasteiger partial charge in [-0.15, -0.1) is 5.92 Å². The van der Waals surface area contributed by atoms with Crippen molar-refractivity contribution in [3.8, 4) is 29.4 Å². The van der Waals surface area contributed by atoms with Crippen LogP contribution in [0.2, 0.25) is 5.02 Å². The number of benzene rings is 2. The van der Waals surface area contributed by atoms with E-state index in [1.165, 1.54) is 7.11 Å². The van der Waals surface area contributed by atoms with Crippen LogP contribution in [0.15, 0.2) is 42.5 Å². The minimum Gasteiger partial charge on any atom is -0.493 e. The van der Waals surface area contributed by atoms with Crippen LogP contribution in [-0.4, -0.2) is 26.3 Å². The lowest BCUT2D eigenvalue weighted by molar-refractivity contribution is -0.140. The number of hydrogen-bond donors (Lipinski definition) is 0. The van der Waals surface area contributed by atoms with Crippen LogP contribution >= 0.6 is 11.6 Å². The Morgan fingerprint density at radius 3 is 2.32 bits per heavy atom. The third kappa shape index (κ3) is 6.17. The predicted octanol–water partition coefficient (Wildman–Crippen LogP) is 5.12. The van der Waals surface area contributed by atoms with E-state index in [0.717, 1.165) is 24.2 Å². The summed E-state index contributed by atoms with van der Waals surface area (Å²) >= 11 is 6.07. The van der Waals surface area contributed by atoms with Gasteiger partial charge in [-0.3, -0.25) is 4.79 Å². The van der Waals surface area contributed by atoms with Gasteiger partial charge < -0.3 is 14.2 Å². The lowest BCUT2D eigenvalue weighted by atomic mass is 9.96. The maximum Gasteiger partial charge on any atom is 0.307 e. The van der Waals surface area contributed by atoms with Crippen LogP contribution in [0.25, 0.3) is 0 Å². The molecule has 1 aliphatic carbocycles. The highest BCUT2D eigenvalue weighted by Gasteiger charge is 2.44. The molecule has 0 N–H and O–H groups in total. The van der Waals surface area contributed by atoms with Crippen LogP contribution in [0.4, 0.5) is 0 Å². The summed E-state index contributed by atoms with van der Waals surface area (Å²) in [6.45, 7) is 2.84. The molecular formula is C25H24ClNO4. The summed E-state index contributed by atoms with van der Waals surface area (Å²) < 4.78 is 16.7. The Bertz CT molecular complexity index is 1030. The highest BCUT2D eigenvalue weighted by atomic mass is 35.5. The summed E-state index contributed by atoms with van der Waals surface area (Å²) in [7, 11) is 1.38. The Balaban J connectivity index is 1.54. The second kappa shape index (κ2) is 10.2. The van der Waals surface area contributed by atoms with E-state index in [2.05, 4.69) is 11.8 Å². The van der Waals surface area contributed by atoms with Gasteiger partial charge in [0.25, 0.3) is 0 Å². The molecule has 5 nitrogen and oxygen atoms in total. The average molecular weight is 438 g/mol. The van der Waals surface area contributed by atoms with Crippen LogP contribution in [0.1, 0.15) is 43.2 Å². The zero-order chi connectivity index (χ0) is 22.3. The van der Waals surface area contributed by atoms with Crippen molar-refractivity contribution in [1.82, 2.24) is 0 Å². The summed E-state index contributed by atoms with van der Waals surface area (Å²) in [6.07, 6.45) is 2.28. The number of nitriles is 1. The highest BCUT2D eigenvalue weighted by Crippen LogP contribution is 2.46. The molecule has 0 spiro atoms. The number of nitrogens with zero attached hydrogens (tertiary/aromatic N) is 1. The van der Waals surface area contributed by atoms with Crippen molar-refractivity contribution in [2.45, 2.75) is 32.1 Å². The number of carbonyl (C=O) groups is 1. The zero-order valence-corrected chi connectivity index (χ0v) is 18.4. The number of methoxy groups -OCH3 is 1. The van der Waals surface area contributed by atoms with Crippen molar-refractivity contribution in [1.29, 1.82) is 5.26 Å². The van der Waals surface area contributed by atoms with E-state index < -0.39 is 0 Å². The molecule has 2 aromatic carbocycles. The molecule has 0 aliphatic heterocycles. The minimum absolute atomic E-state index is 0.0137. The number of hydrogen-bond acceptors (Lipinski definition) is 5. The number of halogens is 1. The Morgan fingerprint density at radius 2 is 1.77 bits per heavy atom. The van der Waals surface area contributed by atoms with Gasteiger partial charge in [-0.05, 0) is 49.6 Å². The molecule has 31 heavy (non-hydrogen) atoms. The van der Waals surface area contributed by atoms with Gasteiger partial charge in [0.2, 0.25) is 0 Å². The Kier molecular flexibility index (Phi) is 7.45. The molecule has 0 heterocycles. The molecule has 3 rings (SSSR count). The van der Waals surface area contributed by atoms with E-state index in [1.807, 2.05) is 30.3 Å². The summed E-state index contributed by atoms with van der Waals surface area (Å²) in [5.74, 6) is 6.86. The van der Waals surface area contributed by atoms with Gasteiger partial charge in [-0.25, -0.2) is 0 Å². The van der Waals surface area contributed by atoms with Gasteiger partial charge in [0.05, 0.1) is 43.2 Å². The van der Waals surface area contributed by atoms with E-state index in [1.54, 1.807) is 25.1 Å². The minimum atomic E-state index is -0.285. The quantitative estimate of drug-likeness (QED) is 0.402. The highest BCUT2D eigenvalue weighted by molar-refractivity contribution is 6.31. The summed E-state index contributed by atoms with van der Waals surface area (Å²) in [5, 5.41) is 9.35. The first kappa shape index (κ1) is 22.5. The van der Waals surface area contributed by atoms with Gasteiger partial charge in [-0.2, -0.15) is 5.26 Å². The number of carbonyl (C=O) groups excluding carboxylic acids is 1. The smallest absolute Gasteiger partial charge is 0.307 e. The third-order valence-corrected chi connectivity index (χ3v) is 5.62. The van der Waals surface area contributed by atoms with Crippen molar-refractivity contribution in [2.24, 2.45) is 5.41 Å². The van der Waals surface area contributed by atoms with E-state index in [4.69, 9.17) is 31.1 Å². The molecule has 1 atom stereocenters. The monoisotopic (exact) mass is 437 g/mol. The van der Waals surface area contributed by atoms with Crippen LogP contribution in [0.5, 0.6) is 11.5 Å². The molecule has 1 aliphatic rings. The third-order valence-electron chi connectivity index (χ3n) is 5.31. The van der Waals surface area contributed by atoms with Gasteiger partial charge in [0, 0.05) is 11.5 Å². The van der Waals surface area contributed by atoms with Crippen LogP contribution in [0.3, 0.4) is 0 Å². The summed E-state index contributed by atoms with van der Waals surface area (Å²) in [6, 6.07) is 14.8. The molecule has 0 aromatic heterocycles. The molecule has 0 radical (unpaired) electrons. The largest absolute Gasteiger partial charge is 0.493 e. The number of ether oxygens (including phenoxy) is 3. The second-order valence-electron chi connectivity index (χ2n) is 7.63. The maximum absolute atomic E-state index is 11.6. The van der Waals surface area contributed by atoms with E-state index >= 15 is 0 Å². The SMILES string of the molecule is CC#CC(CC(=O)OC)c1ccc(OCC2(COc3ccc(C#N)c(Cl)c3)CC2)cc1. The second-order valence-corrected chi connectivity index (χ2v) is 8.03. The number of rotatable bonds is 9. The van der Waals surface area contributed by atoms with Gasteiger partial charge in [0.15, 0.2) is 0 Å². The van der Waals surface area contributed by atoms with Crippen molar-refractivity contribution < 1.29 is 19.0 Å². The van der Waals surface area contributed by atoms with Gasteiger partial charge >= 0.3 is 5.97 Å². The Hall–Kier alpha value is -3.15. The average Bonchev–Trinajstić information content (AvgIpc) is 3.56. The van der Waals surface area contributed by atoms with Crippen molar-refractivity contribution in [3.05, 3.63) is 58.6 Å². The fourth-order valence-corrected chi connectivity index (χ4v) is 3.34. The standard InChI is InChI=1S/C25H24ClNO4/c1-3-4-19(13-24(28)29-2)18-5-8-21(9-6-18)30-16-25(11-12-25)17-31-22-10-7-20(15-27)23(26)14-22/h5-10,14,19H,11-13,16-17H2,1-2H3. The molecule has 160 valence electrons. The van der Waals surface area contributed by atoms with Crippen LogP contribution in [-0.2, 0) is 9.53 Å². The maximum atomic E-state index is 11.6. The fraction of sp³-hybridized carbons (Fsp3) is 0.360. The van der Waals surface area contributed by atoms with Crippen LogP contribution in [0, 0.1) is 28.6 Å². The lowest BCUT2D eigenvalue weighted by Gasteiger charge is -2.18. The van der Waals surface area contributed by atoms with Crippen LogP contribution < -0.4 is 9.47 Å². The van der Waals surface area contributed by atoms with Crippen molar-refractivity contribution in [2.75, 3.05) is 20.3 Å². The summed E-state index contributed by atoms with van der Waals surface area (Å²) in [4.78, 5) is 11.6. The topological polar surface area (TPSA) is 68.6 Å². The Morgan fingerprint density at radius 1 is 1.13 bits per heavy atom. The molecule has 1 unspecified atom stereocenters. The van der Waals surface area contributed by atoms with Gasteiger partial charge in [-0.1, -0.05) is 29.7 Å².